The fourth-order valence-electron chi connectivity index (χ4n) is 2.72. The summed E-state index contributed by atoms with van der Waals surface area (Å²) in [6.07, 6.45) is 0. The minimum Gasteiger partial charge on any atom is -0.494 e. The number of amides is 1. The molecule has 0 aromatic carbocycles. The second-order valence-corrected chi connectivity index (χ2v) is 7.06. The molecule has 0 fully saturated rings. The van der Waals surface area contributed by atoms with Crippen LogP contribution >= 0.6 is 22.7 Å². The number of nitrogens with zero attached hydrogens (tertiary/aromatic N) is 1. The highest BCUT2D eigenvalue weighted by Crippen LogP contribution is 2.41. The molecule has 110 valence electrons. The lowest BCUT2D eigenvalue weighted by atomic mass is 10.0. The Hall–Kier alpha value is -2.18. The molecule has 0 saturated heterocycles. The van der Waals surface area contributed by atoms with Gasteiger partial charge in [-0.05, 0) is 47.9 Å². The van der Waals surface area contributed by atoms with Crippen LogP contribution in [0.15, 0.2) is 27.9 Å². The van der Waals surface area contributed by atoms with Crippen molar-refractivity contribution in [3.63, 3.8) is 0 Å². The number of carbonyl (C=O) groups is 1. The Balaban J connectivity index is 1.96. The van der Waals surface area contributed by atoms with Crippen molar-refractivity contribution < 1.29 is 9.90 Å². The van der Waals surface area contributed by atoms with Crippen molar-refractivity contribution in [2.75, 3.05) is 0 Å². The van der Waals surface area contributed by atoms with Gasteiger partial charge in [0.15, 0.2) is 5.88 Å². The Morgan fingerprint density at radius 1 is 1.05 bits per heavy atom. The third-order valence-corrected chi connectivity index (χ3v) is 5.87. The first-order chi connectivity index (χ1) is 10.6. The van der Waals surface area contributed by atoms with Gasteiger partial charge in [-0.15, -0.1) is 22.7 Å². The summed E-state index contributed by atoms with van der Waals surface area (Å²) in [5, 5.41) is 14.3. The van der Waals surface area contributed by atoms with Gasteiger partial charge >= 0.3 is 0 Å². The summed E-state index contributed by atoms with van der Waals surface area (Å²) in [4.78, 5) is 21.5. The average molecular weight is 328 g/mol. The smallest absolute Gasteiger partial charge is 0.280 e. The summed E-state index contributed by atoms with van der Waals surface area (Å²) in [6, 6.07) is 3.98. The van der Waals surface area contributed by atoms with Crippen molar-refractivity contribution in [1.82, 2.24) is 4.98 Å². The molecule has 0 spiro atoms. The molecule has 22 heavy (non-hydrogen) atoms. The van der Waals surface area contributed by atoms with E-state index in [9.17, 15) is 9.90 Å². The van der Waals surface area contributed by atoms with E-state index in [1.165, 1.54) is 11.3 Å². The average Bonchev–Trinajstić information content (AvgIpc) is 3.19. The van der Waals surface area contributed by atoms with E-state index in [0.717, 1.165) is 20.9 Å². The standard InChI is InChI=1S/C16H12N2O2S2/c1-7-3-5-21-13(7)11-9-10(16(20)17-11)12(18-15(9)19)14-8(2)4-6-22-14/h3-6,17,20H,1-2H3. The van der Waals surface area contributed by atoms with Gasteiger partial charge in [-0.25, -0.2) is 4.99 Å². The zero-order valence-corrected chi connectivity index (χ0v) is 13.6. The summed E-state index contributed by atoms with van der Waals surface area (Å²) >= 11 is 3.07. The zero-order chi connectivity index (χ0) is 15.4. The van der Waals surface area contributed by atoms with E-state index in [1.54, 1.807) is 11.3 Å². The Kier molecular flexibility index (Phi) is 2.85. The number of carbonyl (C=O) groups excluding carboxylic acids is 1. The van der Waals surface area contributed by atoms with Gasteiger partial charge in [-0.3, -0.25) is 4.79 Å². The summed E-state index contributed by atoms with van der Waals surface area (Å²) in [5.41, 5.74) is 4.37. The van der Waals surface area contributed by atoms with Crippen LogP contribution in [0.3, 0.4) is 0 Å². The molecule has 0 aliphatic carbocycles. The Morgan fingerprint density at radius 3 is 2.27 bits per heavy atom. The molecule has 0 bridgehead atoms. The van der Waals surface area contributed by atoms with Crippen molar-refractivity contribution in [3.8, 4) is 16.5 Å². The number of hydrogen-bond acceptors (Lipinski definition) is 4. The second-order valence-electron chi connectivity index (χ2n) is 5.23. The lowest BCUT2D eigenvalue weighted by molar-refractivity contribution is 0.101. The maximum absolute atomic E-state index is 12.4. The number of aryl methyl sites for hydroxylation is 2. The number of aromatic amines is 1. The van der Waals surface area contributed by atoms with Gasteiger partial charge in [-0.1, -0.05) is 0 Å². The summed E-state index contributed by atoms with van der Waals surface area (Å²) in [6.45, 7) is 3.96. The van der Waals surface area contributed by atoms with Crippen LogP contribution in [-0.2, 0) is 0 Å². The highest BCUT2D eigenvalue weighted by molar-refractivity contribution is 7.14. The zero-order valence-electron chi connectivity index (χ0n) is 11.9. The van der Waals surface area contributed by atoms with Crippen molar-refractivity contribution in [1.29, 1.82) is 0 Å². The number of nitrogens with one attached hydrogen (secondary N) is 1. The number of H-pyrrole nitrogens is 1. The molecule has 4 rings (SSSR count). The number of rotatable bonds is 2. The fourth-order valence-corrected chi connectivity index (χ4v) is 4.58. The molecule has 1 amide bonds. The van der Waals surface area contributed by atoms with E-state index in [-0.39, 0.29) is 11.8 Å². The second kappa shape index (κ2) is 4.66. The normalized spacial score (nSPS) is 13.5. The van der Waals surface area contributed by atoms with Gasteiger partial charge in [0.2, 0.25) is 0 Å². The number of aromatic nitrogens is 1. The number of aromatic hydroxyl groups is 1. The molecule has 1 aliphatic rings. The van der Waals surface area contributed by atoms with Crippen LogP contribution in [0.2, 0.25) is 0 Å². The van der Waals surface area contributed by atoms with Gasteiger partial charge in [0.05, 0.1) is 32.3 Å². The molecular formula is C16H12N2O2S2. The number of hydrogen-bond donors (Lipinski definition) is 2. The lowest BCUT2D eigenvalue weighted by Crippen LogP contribution is -1.98. The van der Waals surface area contributed by atoms with E-state index >= 15 is 0 Å². The fraction of sp³-hybridized carbons (Fsp3) is 0.125. The lowest BCUT2D eigenvalue weighted by Gasteiger charge is -1.99. The molecule has 6 heteroatoms. The quantitative estimate of drug-likeness (QED) is 0.743. The van der Waals surface area contributed by atoms with Crippen LogP contribution < -0.4 is 0 Å². The summed E-state index contributed by atoms with van der Waals surface area (Å²) in [5.74, 6) is -0.285. The molecule has 1 aliphatic heterocycles. The van der Waals surface area contributed by atoms with E-state index < -0.39 is 0 Å². The third-order valence-electron chi connectivity index (χ3n) is 3.81. The SMILES string of the molecule is Cc1ccsc1C1=NC(=O)c2c(-c3sccc3C)[nH]c(O)c21. The van der Waals surface area contributed by atoms with Crippen LogP contribution in [0.1, 0.15) is 31.9 Å². The minimum atomic E-state index is -0.294. The first-order valence-corrected chi connectivity index (χ1v) is 8.51. The van der Waals surface area contributed by atoms with Crippen LogP contribution in [0.25, 0.3) is 10.6 Å². The maximum atomic E-state index is 12.4. The van der Waals surface area contributed by atoms with Crippen molar-refractivity contribution in [2.45, 2.75) is 13.8 Å². The highest BCUT2D eigenvalue weighted by Gasteiger charge is 2.34. The van der Waals surface area contributed by atoms with Crippen molar-refractivity contribution in [3.05, 3.63) is 50.0 Å². The van der Waals surface area contributed by atoms with Gasteiger partial charge in [-0.2, -0.15) is 0 Å². The van der Waals surface area contributed by atoms with Crippen LogP contribution in [0.5, 0.6) is 5.88 Å². The van der Waals surface area contributed by atoms with E-state index in [2.05, 4.69) is 9.98 Å². The highest BCUT2D eigenvalue weighted by atomic mass is 32.1. The molecule has 4 heterocycles. The Morgan fingerprint density at radius 2 is 1.68 bits per heavy atom. The Labute approximate surface area is 134 Å². The topological polar surface area (TPSA) is 65.5 Å². The number of fused-ring (bicyclic) bond motifs is 1. The van der Waals surface area contributed by atoms with E-state index in [1.807, 2.05) is 36.7 Å². The first-order valence-electron chi connectivity index (χ1n) is 6.75. The number of thiophene rings is 2. The molecule has 3 aromatic rings. The molecule has 0 atom stereocenters. The molecule has 4 nitrogen and oxygen atoms in total. The minimum absolute atomic E-state index is 0.00944. The van der Waals surface area contributed by atoms with Crippen LogP contribution in [0, 0.1) is 13.8 Å². The molecule has 0 saturated carbocycles. The van der Waals surface area contributed by atoms with Crippen molar-refractivity contribution >= 4 is 34.3 Å². The predicted molar refractivity (Wildman–Crippen MR) is 89.5 cm³/mol. The summed E-state index contributed by atoms with van der Waals surface area (Å²) < 4.78 is 0. The Bertz CT molecular complexity index is 943. The van der Waals surface area contributed by atoms with Gasteiger partial charge in [0, 0.05) is 0 Å². The molecule has 0 radical (unpaired) electrons. The van der Waals surface area contributed by atoms with Gasteiger partial charge in [0.1, 0.15) is 0 Å². The number of aliphatic imine (C=N–C) groups is 1. The van der Waals surface area contributed by atoms with E-state index in [0.29, 0.717) is 22.5 Å². The third kappa shape index (κ3) is 1.74. The van der Waals surface area contributed by atoms with Gasteiger partial charge < -0.3 is 10.1 Å². The first kappa shape index (κ1) is 13.5. The van der Waals surface area contributed by atoms with Crippen molar-refractivity contribution in [2.24, 2.45) is 4.99 Å². The van der Waals surface area contributed by atoms with E-state index in [4.69, 9.17) is 0 Å². The maximum Gasteiger partial charge on any atom is 0.280 e. The van der Waals surface area contributed by atoms with Gasteiger partial charge in [0.25, 0.3) is 5.91 Å². The molecule has 0 unspecified atom stereocenters. The van der Waals surface area contributed by atoms with Crippen LogP contribution in [-0.4, -0.2) is 21.7 Å². The molecule has 2 N–H and O–H groups in total. The predicted octanol–water partition coefficient (Wildman–Crippen LogP) is 4.12. The molecular weight excluding hydrogens is 316 g/mol. The monoisotopic (exact) mass is 328 g/mol. The molecule has 3 aromatic heterocycles. The largest absolute Gasteiger partial charge is 0.494 e. The van der Waals surface area contributed by atoms with Crippen LogP contribution in [0.4, 0.5) is 0 Å². The summed E-state index contributed by atoms with van der Waals surface area (Å²) in [7, 11) is 0.